The smallest absolute Gasteiger partial charge is 0.409 e. The minimum absolute atomic E-state index is 0.0264. The van der Waals surface area contributed by atoms with E-state index in [2.05, 4.69) is 15.5 Å². The van der Waals surface area contributed by atoms with Crippen LogP contribution in [0, 0.1) is 5.92 Å². The number of carbonyl (C=O) groups excluding carboxylic acids is 2. The molecule has 1 aromatic carbocycles. The number of rotatable bonds is 7. The largest absolute Gasteiger partial charge is 0.450 e. The molecule has 1 heterocycles. The van der Waals surface area contributed by atoms with E-state index in [1.165, 1.54) is 0 Å². The van der Waals surface area contributed by atoms with Gasteiger partial charge in [0, 0.05) is 44.8 Å². The van der Waals surface area contributed by atoms with Gasteiger partial charge in [-0.2, -0.15) is 0 Å². The second-order valence-electron chi connectivity index (χ2n) is 7.69. The third-order valence-electron chi connectivity index (χ3n) is 4.66. The Morgan fingerprint density at radius 2 is 1.83 bits per heavy atom. The Bertz CT molecular complexity index is 727. The van der Waals surface area contributed by atoms with E-state index in [4.69, 9.17) is 9.73 Å². The van der Waals surface area contributed by atoms with Crippen LogP contribution in [0.15, 0.2) is 29.3 Å². The van der Waals surface area contributed by atoms with Gasteiger partial charge < -0.3 is 25.2 Å². The quantitative estimate of drug-likeness (QED) is 0.526. The Balaban J connectivity index is 1.97. The molecule has 2 rings (SSSR count). The fourth-order valence-electron chi connectivity index (χ4n) is 3.24. The molecule has 30 heavy (non-hydrogen) atoms. The monoisotopic (exact) mass is 417 g/mol. The topological polar surface area (TPSA) is 86.3 Å². The molecule has 0 atom stereocenters. The summed E-state index contributed by atoms with van der Waals surface area (Å²) >= 11 is 0. The summed E-state index contributed by atoms with van der Waals surface area (Å²) < 4.78 is 5.08. The molecule has 1 aliphatic heterocycles. The van der Waals surface area contributed by atoms with E-state index in [1.807, 2.05) is 52.0 Å². The molecule has 0 spiro atoms. The van der Waals surface area contributed by atoms with Crippen molar-refractivity contribution in [2.75, 3.05) is 44.6 Å². The summed E-state index contributed by atoms with van der Waals surface area (Å²) in [5.74, 6) is 1.18. The van der Waals surface area contributed by atoms with Gasteiger partial charge >= 0.3 is 6.09 Å². The first kappa shape index (κ1) is 23.5. The molecule has 0 aliphatic carbocycles. The molecule has 1 aromatic rings. The SMILES string of the molecule is CCNC(=NCc1cccc(NC(=O)CC(C)C)c1)N1CCN(C(=O)OCC)CC1. The summed E-state index contributed by atoms with van der Waals surface area (Å²) in [7, 11) is 0. The first-order valence-corrected chi connectivity index (χ1v) is 10.8. The van der Waals surface area contributed by atoms with Crippen molar-refractivity contribution in [2.45, 2.75) is 40.7 Å². The maximum atomic E-state index is 12.0. The predicted molar refractivity (Wildman–Crippen MR) is 120 cm³/mol. The first-order valence-electron chi connectivity index (χ1n) is 10.8. The van der Waals surface area contributed by atoms with E-state index in [-0.39, 0.29) is 12.0 Å². The lowest BCUT2D eigenvalue weighted by Crippen LogP contribution is -2.53. The first-order chi connectivity index (χ1) is 14.4. The number of hydrogen-bond acceptors (Lipinski definition) is 4. The van der Waals surface area contributed by atoms with Crippen molar-refractivity contribution in [3.63, 3.8) is 0 Å². The van der Waals surface area contributed by atoms with Gasteiger partial charge in [-0.25, -0.2) is 9.79 Å². The Kier molecular flexibility index (Phi) is 9.44. The molecular formula is C22H35N5O3. The number of carbonyl (C=O) groups is 2. The number of guanidine groups is 1. The molecule has 1 fully saturated rings. The van der Waals surface area contributed by atoms with Gasteiger partial charge in [0.15, 0.2) is 5.96 Å². The minimum atomic E-state index is -0.254. The van der Waals surface area contributed by atoms with E-state index >= 15 is 0 Å². The van der Waals surface area contributed by atoms with Crippen molar-refractivity contribution in [2.24, 2.45) is 10.9 Å². The summed E-state index contributed by atoms with van der Waals surface area (Å²) in [6, 6.07) is 7.79. The Morgan fingerprint density at radius 1 is 1.13 bits per heavy atom. The lowest BCUT2D eigenvalue weighted by molar-refractivity contribution is -0.116. The van der Waals surface area contributed by atoms with Crippen LogP contribution in [0.1, 0.15) is 39.7 Å². The lowest BCUT2D eigenvalue weighted by Gasteiger charge is -2.35. The highest BCUT2D eigenvalue weighted by atomic mass is 16.6. The molecule has 8 heteroatoms. The summed E-state index contributed by atoms with van der Waals surface area (Å²) in [5, 5.41) is 6.28. The van der Waals surface area contributed by atoms with E-state index in [1.54, 1.807) is 4.90 Å². The zero-order valence-electron chi connectivity index (χ0n) is 18.6. The molecule has 2 amide bonds. The maximum Gasteiger partial charge on any atom is 0.409 e. The molecule has 8 nitrogen and oxygen atoms in total. The molecule has 0 bridgehead atoms. The van der Waals surface area contributed by atoms with E-state index < -0.39 is 0 Å². The molecule has 1 aliphatic rings. The number of piperazine rings is 1. The molecule has 0 radical (unpaired) electrons. The summed E-state index contributed by atoms with van der Waals surface area (Å²) in [5.41, 5.74) is 1.82. The van der Waals surface area contributed by atoms with Crippen LogP contribution in [0.25, 0.3) is 0 Å². The van der Waals surface area contributed by atoms with Crippen LogP contribution in [0.5, 0.6) is 0 Å². The molecule has 166 valence electrons. The highest BCUT2D eigenvalue weighted by Crippen LogP contribution is 2.13. The highest BCUT2D eigenvalue weighted by molar-refractivity contribution is 5.90. The van der Waals surface area contributed by atoms with Gasteiger partial charge in [-0.1, -0.05) is 26.0 Å². The third kappa shape index (κ3) is 7.57. The molecular weight excluding hydrogens is 382 g/mol. The number of aliphatic imine (C=N–C) groups is 1. The molecule has 2 N–H and O–H groups in total. The zero-order chi connectivity index (χ0) is 21.9. The molecule has 0 aromatic heterocycles. The van der Waals surface area contributed by atoms with Crippen LogP contribution in [-0.2, 0) is 16.1 Å². The minimum Gasteiger partial charge on any atom is -0.450 e. The molecule has 1 saturated heterocycles. The third-order valence-corrected chi connectivity index (χ3v) is 4.66. The zero-order valence-corrected chi connectivity index (χ0v) is 18.6. The van der Waals surface area contributed by atoms with Gasteiger partial charge in [0.1, 0.15) is 0 Å². The number of hydrogen-bond donors (Lipinski definition) is 2. The number of nitrogens with zero attached hydrogens (tertiary/aromatic N) is 3. The number of amides is 2. The van der Waals surface area contributed by atoms with Crippen LogP contribution in [0.3, 0.4) is 0 Å². The van der Waals surface area contributed by atoms with Crippen LogP contribution in [0.4, 0.5) is 10.5 Å². The molecule has 0 saturated carbocycles. The summed E-state index contributed by atoms with van der Waals surface area (Å²) in [4.78, 5) is 32.6. The summed E-state index contributed by atoms with van der Waals surface area (Å²) in [6.07, 6.45) is 0.250. The van der Waals surface area contributed by atoms with Gasteiger partial charge in [-0.3, -0.25) is 4.79 Å². The Hall–Kier alpha value is -2.77. The van der Waals surface area contributed by atoms with Crippen molar-refractivity contribution in [1.82, 2.24) is 15.1 Å². The molecule has 0 unspecified atom stereocenters. The average Bonchev–Trinajstić information content (AvgIpc) is 2.71. The van der Waals surface area contributed by atoms with E-state index in [9.17, 15) is 9.59 Å². The van der Waals surface area contributed by atoms with Gasteiger partial charge in [-0.05, 0) is 37.5 Å². The van der Waals surface area contributed by atoms with Crippen LogP contribution >= 0.6 is 0 Å². The number of anilines is 1. The van der Waals surface area contributed by atoms with E-state index in [0.717, 1.165) is 23.8 Å². The van der Waals surface area contributed by atoms with E-state index in [0.29, 0.717) is 51.7 Å². The average molecular weight is 418 g/mol. The number of nitrogens with one attached hydrogen (secondary N) is 2. The maximum absolute atomic E-state index is 12.0. The Labute approximate surface area is 179 Å². The lowest BCUT2D eigenvalue weighted by atomic mass is 10.1. The fraction of sp³-hybridized carbons (Fsp3) is 0.591. The van der Waals surface area contributed by atoms with Gasteiger partial charge in [0.05, 0.1) is 13.2 Å². The number of benzene rings is 1. The van der Waals surface area contributed by atoms with Crippen molar-refractivity contribution in [3.05, 3.63) is 29.8 Å². The normalized spacial score (nSPS) is 14.6. The fourth-order valence-corrected chi connectivity index (χ4v) is 3.24. The van der Waals surface area contributed by atoms with Gasteiger partial charge in [0.2, 0.25) is 5.91 Å². The standard InChI is InChI=1S/C22H35N5O3/c1-5-23-21(26-10-12-27(13-11-26)22(29)30-6-2)24-16-18-8-7-9-19(15-18)25-20(28)14-17(3)4/h7-9,15,17H,5-6,10-14,16H2,1-4H3,(H,23,24)(H,25,28). The van der Waals surface area contributed by atoms with Crippen LogP contribution in [-0.4, -0.2) is 67.1 Å². The van der Waals surface area contributed by atoms with Gasteiger partial charge in [0.25, 0.3) is 0 Å². The Morgan fingerprint density at radius 3 is 2.47 bits per heavy atom. The predicted octanol–water partition coefficient (Wildman–Crippen LogP) is 2.91. The second-order valence-corrected chi connectivity index (χ2v) is 7.69. The van der Waals surface area contributed by atoms with Gasteiger partial charge in [-0.15, -0.1) is 0 Å². The van der Waals surface area contributed by atoms with Crippen LogP contribution in [0.2, 0.25) is 0 Å². The van der Waals surface area contributed by atoms with Crippen molar-refractivity contribution < 1.29 is 14.3 Å². The van der Waals surface area contributed by atoms with Crippen LogP contribution < -0.4 is 10.6 Å². The summed E-state index contributed by atoms with van der Waals surface area (Å²) in [6.45, 7) is 12.2. The highest BCUT2D eigenvalue weighted by Gasteiger charge is 2.23. The van der Waals surface area contributed by atoms with Crippen molar-refractivity contribution >= 4 is 23.6 Å². The van der Waals surface area contributed by atoms with Crippen molar-refractivity contribution in [1.29, 1.82) is 0 Å². The second kappa shape index (κ2) is 12.0. The number of ether oxygens (including phenoxy) is 1. The van der Waals surface area contributed by atoms with Crippen molar-refractivity contribution in [3.8, 4) is 0 Å².